The number of H-pyrrole nitrogens is 1. The molecule has 1 aromatic heterocycles. The first kappa shape index (κ1) is 22.3. The van der Waals surface area contributed by atoms with Crippen molar-refractivity contribution in [1.29, 1.82) is 0 Å². The summed E-state index contributed by atoms with van der Waals surface area (Å²) in [6, 6.07) is 4.62. The molecule has 1 aliphatic rings. The summed E-state index contributed by atoms with van der Waals surface area (Å²) in [6.07, 6.45) is 1.24. The van der Waals surface area contributed by atoms with Crippen molar-refractivity contribution >= 4 is 28.7 Å². The van der Waals surface area contributed by atoms with Gasteiger partial charge in [-0.25, -0.2) is 9.59 Å². The number of para-hydroxylation sites is 1. The van der Waals surface area contributed by atoms with Crippen molar-refractivity contribution < 1.29 is 19.5 Å². The number of aromatic amines is 1. The molecule has 10 heteroatoms. The number of rotatable bonds is 7. The molecule has 0 saturated carbocycles. The first-order valence-electron chi connectivity index (χ1n) is 10.2. The lowest BCUT2D eigenvalue weighted by molar-refractivity contribution is -0.149. The fourth-order valence-corrected chi connectivity index (χ4v) is 3.91. The van der Waals surface area contributed by atoms with Crippen LogP contribution in [0.1, 0.15) is 33.1 Å². The van der Waals surface area contributed by atoms with E-state index in [9.17, 15) is 29.1 Å². The van der Waals surface area contributed by atoms with Crippen LogP contribution in [0.25, 0.3) is 10.9 Å². The van der Waals surface area contributed by atoms with Crippen LogP contribution in [-0.4, -0.2) is 56.0 Å². The van der Waals surface area contributed by atoms with Crippen LogP contribution in [0.5, 0.6) is 0 Å². The molecule has 0 unspecified atom stereocenters. The molecule has 2 aromatic rings. The highest BCUT2D eigenvalue weighted by molar-refractivity contribution is 5.91. The number of nitrogens with one attached hydrogen (secondary N) is 2. The lowest BCUT2D eigenvalue weighted by atomic mass is 10.0. The van der Waals surface area contributed by atoms with Gasteiger partial charge in [0.25, 0.3) is 5.56 Å². The van der Waals surface area contributed by atoms with Gasteiger partial charge < -0.3 is 20.3 Å². The first-order valence-corrected chi connectivity index (χ1v) is 10.2. The SMILES string of the molecule is CC(C)C[C@H](NC(=O)Cn1c(=O)[nH]c2ccccc2c1=O)C(=O)N1CCC[C@H]1C(=O)O. The summed E-state index contributed by atoms with van der Waals surface area (Å²) in [4.78, 5) is 65.9. The van der Waals surface area contributed by atoms with E-state index in [4.69, 9.17) is 0 Å². The van der Waals surface area contributed by atoms with Crippen LogP contribution in [0.2, 0.25) is 0 Å². The van der Waals surface area contributed by atoms with Crippen molar-refractivity contribution in [2.24, 2.45) is 5.92 Å². The van der Waals surface area contributed by atoms with Gasteiger partial charge in [0.05, 0.1) is 10.9 Å². The molecule has 1 fully saturated rings. The Bertz CT molecular complexity index is 1120. The predicted octanol–water partition coefficient (Wildman–Crippen LogP) is 0.296. The van der Waals surface area contributed by atoms with Gasteiger partial charge in [-0.05, 0) is 37.3 Å². The van der Waals surface area contributed by atoms with E-state index in [0.717, 1.165) is 4.57 Å². The Hall–Kier alpha value is -3.43. The van der Waals surface area contributed by atoms with Crippen LogP contribution in [0.15, 0.2) is 33.9 Å². The third-order valence-corrected chi connectivity index (χ3v) is 5.35. The number of hydrogen-bond acceptors (Lipinski definition) is 5. The van der Waals surface area contributed by atoms with Gasteiger partial charge in [0.1, 0.15) is 18.6 Å². The smallest absolute Gasteiger partial charge is 0.329 e. The van der Waals surface area contributed by atoms with Gasteiger partial charge in [-0.3, -0.25) is 19.0 Å². The zero-order chi connectivity index (χ0) is 22.7. The van der Waals surface area contributed by atoms with E-state index < -0.39 is 47.7 Å². The molecule has 166 valence electrons. The largest absolute Gasteiger partial charge is 0.480 e. The van der Waals surface area contributed by atoms with Crippen LogP contribution in [-0.2, 0) is 20.9 Å². The molecule has 1 aliphatic heterocycles. The standard InChI is InChI=1S/C21H26N4O6/c1-12(2)10-15(19(28)24-9-5-8-16(24)20(29)30)22-17(26)11-25-18(27)13-6-3-4-7-14(13)23-21(25)31/h3-4,6-7,12,15-16H,5,8-11H2,1-2H3,(H,22,26)(H,23,31)(H,29,30)/t15-,16-/m0/s1. The molecule has 1 aromatic carbocycles. The normalized spacial score (nSPS) is 17.1. The number of hydrogen-bond donors (Lipinski definition) is 3. The number of carboxylic acid groups (broad SMARTS) is 1. The molecule has 2 atom stereocenters. The van der Waals surface area contributed by atoms with Crippen LogP contribution in [0, 0.1) is 5.92 Å². The third-order valence-electron chi connectivity index (χ3n) is 5.35. The molecule has 2 amide bonds. The quantitative estimate of drug-likeness (QED) is 0.577. The Labute approximate surface area is 177 Å². The summed E-state index contributed by atoms with van der Waals surface area (Å²) >= 11 is 0. The zero-order valence-corrected chi connectivity index (χ0v) is 17.5. The van der Waals surface area contributed by atoms with Crippen molar-refractivity contribution in [2.45, 2.75) is 51.7 Å². The molecule has 10 nitrogen and oxygen atoms in total. The molecular weight excluding hydrogens is 404 g/mol. The predicted molar refractivity (Wildman–Crippen MR) is 113 cm³/mol. The average Bonchev–Trinajstić information content (AvgIpc) is 3.20. The number of likely N-dealkylation sites (tertiary alicyclic amines) is 1. The molecule has 0 spiro atoms. The van der Waals surface area contributed by atoms with E-state index in [0.29, 0.717) is 31.3 Å². The zero-order valence-electron chi connectivity index (χ0n) is 17.5. The van der Waals surface area contributed by atoms with Crippen molar-refractivity contribution in [3.8, 4) is 0 Å². The maximum Gasteiger partial charge on any atom is 0.329 e. The Morgan fingerprint density at radius 1 is 1.23 bits per heavy atom. The number of carbonyl (C=O) groups is 3. The Balaban J connectivity index is 1.81. The number of carboxylic acids is 1. The molecule has 31 heavy (non-hydrogen) atoms. The molecule has 0 bridgehead atoms. The van der Waals surface area contributed by atoms with Gasteiger partial charge in [-0.1, -0.05) is 26.0 Å². The van der Waals surface area contributed by atoms with Crippen LogP contribution in [0.3, 0.4) is 0 Å². The van der Waals surface area contributed by atoms with E-state index in [2.05, 4.69) is 10.3 Å². The lowest BCUT2D eigenvalue weighted by Crippen LogP contribution is -2.53. The van der Waals surface area contributed by atoms with E-state index in [-0.39, 0.29) is 11.3 Å². The molecule has 1 saturated heterocycles. The highest BCUT2D eigenvalue weighted by Gasteiger charge is 2.37. The summed E-state index contributed by atoms with van der Waals surface area (Å²) in [5.74, 6) is -2.17. The maximum atomic E-state index is 13.0. The second-order valence-corrected chi connectivity index (χ2v) is 8.14. The molecule has 3 N–H and O–H groups in total. The first-order chi connectivity index (χ1) is 14.7. The Morgan fingerprint density at radius 3 is 2.61 bits per heavy atom. The summed E-state index contributed by atoms with van der Waals surface area (Å²) in [5, 5.41) is 12.2. The maximum absolute atomic E-state index is 13.0. The Morgan fingerprint density at radius 2 is 1.94 bits per heavy atom. The molecule has 0 aliphatic carbocycles. The van der Waals surface area contributed by atoms with Gasteiger partial charge >= 0.3 is 11.7 Å². The van der Waals surface area contributed by atoms with Crippen molar-refractivity contribution in [3.63, 3.8) is 0 Å². The van der Waals surface area contributed by atoms with Gasteiger partial charge in [0.2, 0.25) is 11.8 Å². The van der Waals surface area contributed by atoms with Crippen LogP contribution in [0.4, 0.5) is 0 Å². The lowest BCUT2D eigenvalue weighted by Gasteiger charge is -2.28. The number of amides is 2. The van der Waals surface area contributed by atoms with Gasteiger partial charge in [-0.2, -0.15) is 0 Å². The second-order valence-electron chi connectivity index (χ2n) is 8.14. The number of aromatic nitrogens is 2. The third kappa shape index (κ3) is 4.84. The van der Waals surface area contributed by atoms with Gasteiger partial charge in [0.15, 0.2) is 0 Å². The second kappa shape index (κ2) is 9.15. The molecule has 3 rings (SSSR count). The number of nitrogens with zero attached hydrogens (tertiary/aromatic N) is 2. The number of carbonyl (C=O) groups excluding carboxylic acids is 2. The Kier molecular flexibility index (Phi) is 6.57. The van der Waals surface area contributed by atoms with Gasteiger partial charge in [0, 0.05) is 6.54 Å². The van der Waals surface area contributed by atoms with Crippen molar-refractivity contribution in [3.05, 3.63) is 45.1 Å². The monoisotopic (exact) mass is 430 g/mol. The molecule has 2 heterocycles. The van der Waals surface area contributed by atoms with Crippen molar-refractivity contribution in [2.75, 3.05) is 6.54 Å². The van der Waals surface area contributed by atoms with Gasteiger partial charge in [-0.15, -0.1) is 0 Å². The summed E-state index contributed by atoms with van der Waals surface area (Å²) in [7, 11) is 0. The number of fused-ring (bicyclic) bond motifs is 1. The topological polar surface area (TPSA) is 142 Å². The fourth-order valence-electron chi connectivity index (χ4n) is 3.91. The minimum atomic E-state index is -1.07. The summed E-state index contributed by atoms with van der Waals surface area (Å²) < 4.78 is 0.782. The van der Waals surface area contributed by atoms with E-state index in [1.54, 1.807) is 24.3 Å². The minimum Gasteiger partial charge on any atom is -0.480 e. The van der Waals surface area contributed by atoms with E-state index in [1.807, 2.05) is 13.8 Å². The van der Waals surface area contributed by atoms with Crippen LogP contribution < -0.4 is 16.6 Å². The van der Waals surface area contributed by atoms with E-state index in [1.165, 1.54) is 4.90 Å². The highest BCUT2D eigenvalue weighted by atomic mass is 16.4. The number of aliphatic carboxylic acids is 1. The van der Waals surface area contributed by atoms with Crippen molar-refractivity contribution in [1.82, 2.24) is 19.8 Å². The van der Waals surface area contributed by atoms with Crippen LogP contribution >= 0.6 is 0 Å². The fraction of sp³-hybridized carbons (Fsp3) is 0.476. The summed E-state index contributed by atoms with van der Waals surface area (Å²) in [6.45, 7) is 3.51. The highest BCUT2D eigenvalue weighted by Crippen LogP contribution is 2.20. The minimum absolute atomic E-state index is 0.0481. The van der Waals surface area contributed by atoms with E-state index >= 15 is 0 Å². The molecular formula is C21H26N4O6. The molecule has 0 radical (unpaired) electrons. The summed E-state index contributed by atoms with van der Waals surface area (Å²) in [5.41, 5.74) is -0.960. The number of benzene rings is 1. The average molecular weight is 430 g/mol.